The minimum atomic E-state index is -0.368. The Hall–Kier alpha value is -1.47. The van der Waals surface area contributed by atoms with Crippen LogP contribution in [0.2, 0.25) is 0 Å². The third kappa shape index (κ3) is 3.05. The summed E-state index contributed by atoms with van der Waals surface area (Å²) in [5, 5.41) is 5.83. The highest BCUT2D eigenvalue weighted by molar-refractivity contribution is 7.15. The van der Waals surface area contributed by atoms with Gasteiger partial charge in [-0.15, -0.1) is 22.7 Å². The average molecular weight is 283 g/mol. The van der Waals surface area contributed by atoms with Crippen LogP contribution in [0, 0.1) is 6.92 Å². The molecule has 0 amide bonds. The van der Waals surface area contributed by atoms with Crippen molar-refractivity contribution in [3.8, 4) is 0 Å². The van der Waals surface area contributed by atoms with E-state index in [9.17, 15) is 4.79 Å². The Morgan fingerprint density at radius 1 is 1.56 bits per heavy atom. The molecule has 0 aliphatic rings. The van der Waals surface area contributed by atoms with Gasteiger partial charge < -0.3 is 10.1 Å². The minimum Gasteiger partial charge on any atom is -0.461 e. The van der Waals surface area contributed by atoms with Crippen molar-refractivity contribution < 1.29 is 9.53 Å². The van der Waals surface area contributed by atoms with E-state index in [1.165, 1.54) is 11.3 Å². The molecule has 0 radical (unpaired) electrons. The van der Waals surface area contributed by atoms with E-state index in [1.807, 2.05) is 12.3 Å². The van der Waals surface area contributed by atoms with E-state index in [1.54, 1.807) is 23.8 Å². The van der Waals surface area contributed by atoms with Gasteiger partial charge in [-0.3, -0.25) is 0 Å². The Kier molecular flexibility index (Phi) is 4.27. The fraction of sp³-hybridized carbons (Fsp3) is 0.364. The minimum absolute atomic E-state index is 0.359. The van der Waals surface area contributed by atoms with Crippen molar-refractivity contribution in [3.05, 3.63) is 27.2 Å². The number of carbonyl (C=O) groups is 1. The zero-order valence-electron chi connectivity index (χ0n) is 10.1. The quantitative estimate of drug-likeness (QED) is 0.855. The lowest BCUT2D eigenvalue weighted by atomic mass is 10.4. The van der Waals surface area contributed by atoms with Crippen molar-refractivity contribution in [2.24, 2.45) is 0 Å². The summed E-state index contributed by atoms with van der Waals surface area (Å²) in [4.78, 5) is 20.9. The first-order valence-corrected chi connectivity index (χ1v) is 7.22. The molecular formula is C11H13N3O2S2. The molecule has 0 bridgehead atoms. The van der Waals surface area contributed by atoms with Gasteiger partial charge in [0, 0.05) is 10.3 Å². The molecule has 0 saturated heterocycles. The number of carbonyl (C=O) groups excluding carboxylic acids is 1. The highest BCUT2D eigenvalue weighted by atomic mass is 32.1. The number of ether oxygens (including phenoxy) is 1. The molecular weight excluding hydrogens is 270 g/mol. The molecule has 0 aromatic carbocycles. The smallest absolute Gasteiger partial charge is 0.358 e. The Labute approximate surface area is 113 Å². The van der Waals surface area contributed by atoms with Gasteiger partial charge in [0.25, 0.3) is 0 Å². The summed E-state index contributed by atoms with van der Waals surface area (Å²) >= 11 is 3.00. The predicted octanol–water partition coefficient (Wildman–Crippen LogP) is 2.70. The average Bonchev–Trinajstić information content (AvgIpc) is 2.96. The van der Waals surface area contributed by atoms with Crippen LogP contribution in [0.25, 0.3) is 0 Å². The Morgan fingerprint density at radius 2 is 2.39 bits per heavy atom. The maximum absolute atomic E-state index is 11.6. The van der Waals surface area contributed by atoms with Crippen LogP contribution in [0.15, 0.2) is 10.9 Å². The summed E-state index contributed by atoms with van der Waals surface area (Å²) in [6.07, 6.45) is 0. The lowest BCUT2D eigenvalue weighted by molar-refractivity contribution is 0.0519. The molecule has 2 heterocycles. The Balaban J connectivity index is 2.02. The van der Waals surface area contributed by atoms with E-state index in [4.69, 9.17) is 4.74 Å². The van der Waals surface area contributed by atoms with E-state index in [0.29, 0.717) is 24.0 Å². The molecule has 0 aliphatic heterocycles. The number of aromatic nitrogens is 2. The fourth-order valence-corrected chi connectivity index (χ4v) is 2.71. The maximum atomic E-state index is 11.6. The standard InChI is InChI=1S/C11H13N3O2S2/c1-3-16-10(15)9-7(2)18-11(14-9)12-4-8-5-17-6-13-8/h5-6H,3-4H2,1-2H3,(H,12,14). The summed E-state index contributed by atoms with van der Waals surface area (Å²) in [5.41, 5.74) is 3.14. The first-order chi connectivity index (χ1) is 8.70. The van der Waals surface area contributed by atoms with Crippen molar-refractivity contribution in [2.45, 2.75) is 20.4 Å². The number of nitrogens with one attached hydrogen (secondary N) is 1. The third-order valence-electron chi connectivity index (χ3n) is 2.17. The van der Waals surface area contributed by atoms with Crippen molar-refractivity contribution in [2.75, 3.05) is 11.9 Å². The monoisotopic (exact) mass is 283 g/mol. The molecule has 5 nitrogen and oxygen atoms in total. The van der Waals surface area contributed by atoms with Crippen molar-refractivity contribution in [1.82, 2.24) is 9.97 Å². The van der Waals surface area contributed by atoms with Gasteiger partial charge in [0.2, 0.25) is 0 Å². The molecule has 0 spiro atoms. The predicted molar refractivity (Wildman–Crippen MR) is 72.2 cm³/mol. The number of rotatable bonds is 5. The van der Waals surface area contributed by atoms with Gasteiger partial charge in [-0.2, -0.15) is 0 Å². The van der Waals surface area contributed by atoms with E-state index in [-0.39, 0.29) is 5.97 Å². The number of aryl methyl sites for hydroxylation is 1. The molecule has 2 aromatic heterocycles. The van der Waals surface area contributed by atoms with Crippen molar-refractivity contribution in [3.63, 3.8) is 0 Å². The molecule has 1 N–H and O–H groups in total. The lowest BCUT2D eigenvalue weighted by Gasteiger charge is -1.99. The van der Waals surface area contributed by atoms with E-state index in [2.05, 4.69) is 15.3 Å². The molecule has 0 fully saturated rings. The number of nitrogens with zero attached hydrogens (tertiary/aromatic N) is 2. The number of thiazole rings is 2. The summed E-state index contributed by atoms with van der Waals surface area (Å²) in [5.74, 6) is -0.368. The molecule has 0 atom stereocenters. The molecule has 7 heteroatoms. The van der Waals surface area contributed by atoms with Crippen LogP contribution in [0.1, 0.15) is 28.0 Å². The summed E-state index contributed by atoms with van der Waals surface area (Å²) in [7, 11) is 0. The van der Waals surface area contributed by atoms with Gasteiger partial charge >= 0.3 is 5.97 Å². The van der Waals surface area contributed by atoms with Crippen LogP contribution in [-0.2, 0) is 11.3 Å². The summed E-state index contributed by atoms with van der Waals surface area (Å²) in [6.45, 7) is 4.61. The first kappa shape index (κ1) is 13.0. The van der Waals surface area contributed by atoms with E-state index in [0.717, 1.165) is 10.6 Å². The van der Waals surface area contributed by atoms with Gasteiger partial charge in [0.15, 0.2) is 10.8 Å². The van der Waals surface area contributed by atoms with E-state index < -0.39 is 0 Å². The Morgan fingerprint density at radius 3 is 3.06 bits per heavy atom. The van der Waals surface area contributed by atoms with Crippen molar-refractivity contribution >= 4 is 33.8 Å². The van der Waals surface area contributed by atoms with Gasteiger partial charge in [-0.05, 0) is 13.8 Å². The van der Waals surface area contributed by atoms with Gasteiger partial charge in [-0.25, -0.2) is 14.8 Å². The highest BCUT2D eigenvalue weighted by Crippen LogP contribution is 2.23. The van der Waals surface area contributed by atoms with Gasteiger partial charge in [-0.1, -0.05) is 0 Å². The van der Waals surface area contributed by atoms with Crippen LogP contribution < -0.4 is 5.32 Å². The van der Waals surface area contributed by atoms with Crippen LogP contribution in [-0.4, -0.2) is 22.5 Å². The second-order valence-electron chi connectivity index (χ2n) is 3.48. The van der Waals surface area contributed by atoms with Gasteiger partial charge in [0.05, 0.1) is 24.4 Å². The van der Waals surface area contributed by atoms with Crippen LogP contribution >= 0.6 is 22.7 Å². The molecule has 0 aliphatic carbocycles. The zero-order chi connectivity index (χ0) is 13.0. The Bertz CT molecular complexity index is 522. The third-order valence-corrected chi connectivity index (χ3v) is 3.73. The van der Waals surface area contributed by atoms with Crippen LogP contribution in [0.3, 0.4) is 0 Å². The topological polar surface area (TPSA) is 64.1 Å². The number of anilines is 1. The normalized spacial score (nSPS) is 10.3. The zero-order valence-corrected chi connectivity index (χ0v) is 11.7. The SMILES string of the molecule is CCOC(=O)c1nc(NCc2cscn2)sc1C. The summed E-state index contributed by atoms with van der Waals surface area (Å²) < 4.78 is 4.94. The molecule has 2 aromatic rings. The maximum Gasteiger partial charge on any atom is 0.358 e. The molecule has 96 valence electrons. The van der Waals surface area contributed by atoms with E-state index >= 15 is 0 Å². The van der Waals surface area contributed by atoms with Crippen LogP contribution in [0.4, 0.5) is 5.13 Å². The number of hydrogen-bond donors (Lipinski definition) is 1. The highest BCUT2D eigenvalue weighted by Gasteiger charge is 2.16. The lowest BCUT2D eigenvalue weighted by Crippen LogP contribution is -2.07. The van der Waals surface area contributed by atoms with Gasteiger partial charge in [0.1, 0.15) is 0 Å². The number of esters is 1. The number of hydrogen-bond acceptors (Lipinski definition) is 7. The molecule has 2 rings (SSSR count). The van der Waals surface area contributed by atoms with Crippen LogP contribution in [0.5, 0.6) is 0 Å². The van der Waals surface area contributed by atoms with Crippen molar-refractivity contribution in [1.29, 1.82) is 0 Å². The second kappa shape index (κ2) is 5.92. The second-order valence-corrected chi connectivity index (χ2v) is 5.40. The first-order valence-electron chi connectivity index (χ1n) is 5.46. The molecule has 18 heavy (non-hydrogen) atoms. The largest absolute Gasteiger partial charge is 0.461 e. The molecule has 0 unspecified atom stereocenters. The molecule has 0 saturated carbocycles. The fourth-order valence-electron chi connectivity index (χ4n) is 1.35. The summed E-state index contributed by atoms with van der Waals surface area (Å²) in [6, 6.07) is 0.